The van der Waals surface area contributed by atoms with E-state index in [1.165, 1.54) is 0 Å². The number of carboxylic acids is 1. The summed E-state index contributed by atoms with van der Waals surface area (Å²) in [7, 11) is 0. The number of rotatable bonds is 5. The van der Waals surface area contributed by atoms with Crippen LogP contribution in [0.2, 0.25) is 0 Å². The lowest BCUT2D eigenvalue weighted by Gasteiger charge is -2.26. The standard InChI is InChI=1S/C15H28N2O3/c1-10(2)17-7-6-11(9-17)8-16-13(18)12(14(19)20)15(3,4)5/h10-12H,6-9H2,1-5H3,(H,16,18)(H,19,20). The van der Waals surface area contributed by atoms with E-state index in [-0.39, 0.29) is 5.91 Å². The Morgan fingerprint density at radius 3 is 2.35 bits per heavy atom. The van der Waals surface area contributed by atoms with E-state index in [1.807, 2.05) is 0 Å². The molecule has 1 amide bonds. The van der Waals surface area contributed by atoms with E-state index < -0.39 is 17.3 Å². The molecule has 0 bridgehead atoms. The Hall–Kier alpha value is -1.10. The first-order chi connectivity index (χ1) is 9.12. The van der Waals surface area contributed by atoms with Crippen LogP contribution in [0.25, 0.3) is 0 Å². The minimum absolute atomic E-state index is 0.368. The number of hydrogen-bond donors (Lipinski definition) is 2. The summed E-state index contributed by atoms with van der Waals surface area (Å²) in [6.45, 7) is 12.3. The molecule has 0 aromatic rings. The zero-order valence-electron chi connectivity index (χ0n) is 13.3. The molecule has 0 aliphatic carbocycles. The van der Waals surface area contributed by atoms with Crippen LogP contribution < -0.4 is 5.32 Å². The maximum Gasteiger partial charge on any atom is 0.316 e. The Kier molecular flexibility index (Phi) is 5.57. The molecule has 0 spiro atoms. The fraction of sp³-hybridized carbons (Fsp3) is 0.867. The van der Waals surface area contributed by atoms with Crippen LogP contribution in [0.4, 0.5) is 0 Å². The second kappa shape index (κ2) is 6.57. The van der Waals surface area contributed by atoms with Gasteiger partial charge in [0.2, 0.25) is 5.91 Å². The monoisotopic (exact) mass is 284 g/mol. The number of hydrogen-bond acceptors (Lipinski definition) is 3. The van der Waals surface area contributed by atoms with Crippen LogP contribution in [0.5, 0.6) is 0 Å². The van der Waals surface area contributed by atoms with Gasteiger partial charge in [-0.25, -0.2) is 0 Å². The average Bonchev–Trinajstić information content (AvgIpc) is 2.72. The number of likely N-dealkylation sites (tertiary alicyclic amines) is 1. The molecule has 20 heavy (non-hydrogen) atoms. The van der Waals surface area contributed by atoms with E-state index in [4.69, 9.17) is 0 Å². The molecule has 2 atom stereocenters. The summed E-state index contributed by atoms with van der Waals surface area (Å²) in [5.41, 5.74) is -0.574. The van der Waals surface area contributed by atoms with Gasteiger partial charge in [-0.05, 0) is 38.1 Å². The second-order valence-corrected chi connectivity index (χ2v) is 7.13. The van der Waals surface area contributed by atoms with E-state index in [0.29, 0.717) is 18.5 Å². The molecule has 0 aromatic heterocycles. The van der Waals surface area contributed by atoms with Crippen LogP contribution in [0, 0.1) is 17.3 Å². The number of nitrogens with zero attached hydrogens (tertiary/aromatic N) is 1. The van der Waals surface area contributed by atoms with Gasteiger partial charge in [-0.3, -0.25) is 9.59 Å². The number of carboxylic acid groups (broad SMARTS) is 1. The Balaban J connectivity index is 2.49. The normalized spacial score (nSPS) is 22.0. The van der Waals surface area contributed by atoms with Crippen molar-refractivity contribution in [1.29, 1.82) is 0 Å². The molecular formula is C15H28N2O3. The van der Waals surface area contributed by atoms with Crippen molar-refractivity contribution < 1.29 is 14.7 Å². The van der Waals surface area contributed by atoms with Gasteiger partial charge in [0, 0.05) is 19.1 Å². The maximum absolute atomic E-state index is 12.1. The number of nitrogens with one attached hydrogen (secondary N) is 1. The van der Waals surface area contributed by atoms with Crippen molar-refractivity contribution in [2.45, 2.75) is 47.1 Å². The molecule has 116 valence electrons. The second-order valence-electron chi connectivity index (χ2n) is 7.13. The highest BCUT2D eigenvalue weighted by Crippen LogP contribution is 2.26. The Bertz CT molecular complexity index is 361. The van der Waals surface area contributed by atoms with Crippen molar-refractivity contribution >= 4 is 11.9 Å². The van der Waals surface area contributed by atoms with Gasteiger partial charge in [0.25, 0.3) is 0 Å². The third-order valence-corrected chi connectivity index (χ3v) is 3.99. The molecule has 1 aliphatic rings. The van der Waals surface area contributed by atoms with Crippen molar-refractivity contribution in [3.8, 4) is 0 Å². The lowest BCUT2D eigenvalue weighted by molar-refractivity contribution is -0.151. The summed E-state index contributed by atoms with van der Waals surface area (Å²) in [5.74, 6) is -1.99. The maximum atomic E-state index is 12.1. The Morgan fingerprint density at radius 2 is 1.95 bits per heavy atom. The Labute approximate surface area is 121 Å². The minimum atomic E-state index is -1.05. The van der Waals surface area contributed by atoms with Gasteiger partial charge in [0.15, 0.2) is 0 Å². The number of aliphatic carboxylic acids is 1. The summed E-state index contributed by atoms with van der Waals surface area (Å²) in [6, 6.07) is 0.525. The summed E-state index contributed by atoms with van der Waals surface area (Å²) < 4.78 is 0. The first-order valence-electron chi connectivity index (χ1n) is 7.37. The summed E-state index contributed by atoms with van der Waals surface area (Å²) >= 11 is 0. The van der Waals surface area contributed by atoms with E-state index in [9.17, 15) is 14.7 Å². The summed E-state index contributed by atoms with van der Waals surface area (Å²) in [4.78, 5) is 25.7. The molecule has 5 nitrogen and oxygen atoms in total. The van der Waals surface area contributed by atoms with Gasteiger partial charge in [0.05, 0.1) is 0 Å². The third kappa shape index (κ3) is 4.47. The van der Waals surface area contributed by atoms with Gasteiger partial charge in [0.1, 0.15) is 5.92 Å². The van der Waals surface area contributed by atoms with Gasteiger partial charge < -0.3 is 15.3 Å². The van der Waals surface area contributed by atoms with Crippen LogP contribution in [0.15, 0.2) is 0 Å². The predicted molar refractivity (Wildman–Crippen MR) is 78.4 cm³/mol. The van der Waals surface area contributed by atoms with Crippen molar-refractivity contribution in [2.24, 2.45) is 17.3 Å². The molecular weight excluding hydrogens is 256 g/mol. The number of amides is 1. The minimum Gasteiger partial charge on any atom is -0.481 e. The summed E-state index contributed by atoms with van der Waals surface area (Å²) in [6.07, 6.45) is 1.06. The number of carbonyl (C=O) groups is 2. The molecule has 1 heterocycles. The highest BCUT2D eigenvalue weighted by molar-refractivity contribution is 5.97. The van der Waals surface area contributed by atoms with Crippen molar-refractivity contribution in [3.63, 3.8) is 0 Å². The molecule has 2 unspecified atom stereocenters. The molecule has 0 saturated carbocycles. The molecule has 0 aromatic carbocycles. The zero-order valence-corrected chi connectivity index (χ0v) is 13.3. The van der Waals surface area contributed by atoms with Crippen LogP contribution in [0.3, 0.4) is 0 Å². The first kappa shape index (κ1) is 17.0. The predicted octanol–water partition coefficient (Wildman–Crippen LogP) is 1.58. The summed E-state index contributed by atoms with van der Waals surface area (Å²) in [5, 5.41) is 12.0. The Morgan fingerprint density at radius 1 is 1.35 bits per heavy atom. The fourth-order valence-corrected chi connectivity index (χ4v) is 2.72. The van der Waals surface area contributed by atoms with E-state index in [2.05, 4.69) is 24.1 Å². The highest BCUT2D eigenvalue weighted by Gasteiger charge is 2.38. The topological polar surface area (TPSA) is 69.6 Å². The van der Waals surface area contributed by atoms with Gasteiger partial charge in [-0.1, -0.05) is 20.8 Å². The molecule has 1 rings (SSSR count). The molecule has 1 fully saturated rings. The van der Waals surface area contributed by atoms with Crippen LogP contribution >= 0.6 is 0 Å². The molecule has 1 saturated heterocycles. The quantitative estimate of drug-likeness (QED) is 0.752. The fourth-order valence-electron chi connectivity index (χ4n) is 2.72. The van der Waals surface area contributed by atoms with Crippen LogP contribution in [-0.2, 0) is 9.59 Å². The van der Waals surface area contributed by atoms with Crippen molar-refractivity contribution in [2.75, 3.05) is 19.6 Å². The molecule has 2 N–H and O–H groups in total. The largest absolute Gasteiger partial charge is 0.481 e. The van der Waals surface area contributed by atoms with Gasteiger partial charge in [-0.2, -0.15) is 0 Å². The van der Waals surface area contributed by atoms with Crippen LogP contribution in [-0.4, -0.2) is 47.6 Å². The molecule has 1 aliphatic heterocycles. The van der Waals surface area contributed by atoms with E-state index >= 15 is 0 Å². The first-order valence-corrected chi connectivity index (χ1v) is 7.37. The smallest absolute Gasteiger partial charge is 0.316 e. The van der Waals surface area contributed by atoms with Crippen LogP contribution in [0.1, 0.15) is 41.0 Å². The molecule has 5 heteroatoms. The SMILES string of the molecule is CC(C)N1CCC(CNC(=O)C(C(=O)O)C(C)(C)C)C1. The lowest BCUT2D eigenvalue weighted by Crippen LogP contribution is -2.44. The van der Waals surface area contributed by atoms with Gasteiger partial charge in [-0.15, -0.1) is 0 Å². The number of carbonyl (C=O) groups excluding carboxylic acids is 1. The van der Waals surface area contributed by atoms with E-state index in [0.717, 1.165) is 19.5 Å². The van der Waals surface area contributed by atoms with Crippen molar-refractivity contribution in [3.05, 3.63) is 0 Å². The van der Waals surface area contributed by atoms with Crippen molar-refractivity contribution in [1.82, 2.24) is 10.2 Å². The highest BCUT2D eigenvalue weighted by atomic mass is 16.4. The average molecular weight is 284 g/mol. The lowest BCUT2D eigenvalue weighted by atomic mass is 9.80. The van der Waals surface area contributed by atoms with E-state index in [1.54, 1.807) is 20.8 Å². The third-order valence-electron chi connectivity index (χ3n) is 3.99. The zero-order chi connectivity index (χ0) is 15.5. The molecule has 0 radical (unpaired) electrons. The van der Waals surface area contributed by atoms with Gasteiger partial charge >= 0.3 is 5.97 Å².